The summed E-state index contributed by atoms with van der Waals surface area (Å²) in [5.74, 6) is -0.266. The van der Waals surface area contributed by atoms with Crippen LogP contribution in [0.4, 0.5) is 9.18 Å². The van der Waals surface area contributed by atoms with Gasteiger partial charge in [0.25, 0.3) is 0 Å². The van der Waals surface area contributed by atoms with Crippen LogP contribution in [0, 0.1) is 5.82 Å². The van der Waals surface area contributed by atoms with E-state index in [2.05, 4.69) is 34.5 Å². The van der Waals surface area contributed by atoms with Gasteiger partial charge in [-0.1, -0.05) is 54.6 Å². The first-order valence-electron chi connectivity index (χ1n) is 8.92. The Labute approximate surface area is 153 Å². The van der Waals surface area contributed by atoms with Crippen molar-refractivity contribution in [3.8, 4) is 0 Å². The summed E-state index contributed by atoms with van der Waals surface area (Å²) in [6, 6.07) is 16.4. The van der Waals surface area contributed by atoms with E-state index < -0.39 is 0 Å². The fourth-order valence-electron chi connectivity index (χ4n) is 2.93. The number of amides is 2. The van der Waals surface area contributed by atoms with Crippen molar-refractivity contribution >= 4 is 12.1 Å². The number of nitrogens with zero attached hydrogens (tertiary/aromatic N) is 2. The number of carbonyl (C=O) groups excluding carboxylic acids is 1. The van der Waals surface area contributed by atoms with Crippen molar-refractivity contribution in [3.05, 3.63) is 77.6 Å². The van der Waals surface area contributed by atoms with E-state index in [0.717, 1.165) is 25.2 Å². The highest BCUT2D eigenvalue weighted by Gasteiger charge is 2.19. The predicted octanol–water partition coefficient (Wildman–Crippen LogP) is 3.37. The summed E-state index contributed by atoms with van der Waals surface area (Å²) in [6.07, 6.45) is 4.29. The van der Waals surface area contributed by atoms with Gasteiger partial charge in [-0.2, -0.15) is 0 Å². The Morgan fingerprint density at radius 2 is 1.69 bits per heavy atom. The highest BCUT2D eigenvalue weighted by atomic mass is 19.1. The molecule has 5 heteroatoms. The third-order valence-corrected chi connectivity index (χ3v) is 4.49. The van der Waals surface area contributed by atoms with Gasteiger partial charge in [-0.05, 0) is 23.3 Å². The molecule has 1 heterocycles. The van der Waals surface area contributed by atoms with Crippen molar-refractivity contribution in [1.29, 1.82) is 0 Å². The van der Waals surface area contributed by atoms with E-state index in [-0.39, 0.29) is 11.8 Å². The molecule has 1 aliphatic rings. The zero-order valence-corrected chi connectivity index (χ0v) is 14.8. The van der Waals surface area contributed by atoms with E-state index in [9.17, 15) is 9.18 Å². The Kier molecular flexibility index (Phi) is 6.39. The van der Waals surface area contributed by atoms with Gasteiger partial charge in [0.1, 0.15) is 5.82 Å². The minimum absolute atomic E-state index is 0.0613. The van der Waals surface area contributed by atoms with Gasteiger partial charge in [-0.25, -0.2) is 9.18 Å². The van der Waals surface area contributed by atoms with Crippen LogP contribution in [0.3, 0.4) is 0 Å². The van der Waals surface area contributed by atoms with Crippen LogP contribution in [0.2, 0.25) is 0 Å². The quantitative estimate of drug-likeness (QED) is 0.895. The van der Waals surface area contributed by atoms with Crippen LogP contribution in [0.15, 0.2) is 60.7 Å². The molecule has 0 saturated carbocycles. The third kappa shape index (κ3) is 5.43. The van der Waals surface area contributed by atoms with Gasteiger partial charge < -0.3 is 10.2 Å². The van der Waals surface area contributed by atoms with Crippen molar-refractivity contribution in [2.75, 3.05) is 32.7 Å². The molecule has 2 amide bonds. The summed E-state index contributed by atoms with van der Waals surface area (Å²) in [6.45, 7) is 4.47. The van der Waals surface area contributed by atoms with Crippen molar-refractivity contribution < 1.29 is 9.18 Å². The molecule has 1 saturated heterocycles. The van der Waals surface area contributed by atoms with E-state index in [0.29, 0.717) is 19.6 Å². The van der Waals surface area contributed by atoms with Crippen molar-refractivity contribution in [2.24, 2.45) is 0 Å². The first kappa shape index (κ1) is 18.1. The van der Waals surface area contributed by atoms with Gasteiger partial charge in [0.2, 0.25) is 0 Å². The molecule has 136 valence electrons. The highest BCUT2D eigenvalue weighted by Crippen LogP contribution is 2.06. The SMILES string of the molecule is O=C(NCc1ccc(F)cc1)N1CCN(C/C=C/c2ccccc2)CC1. The van der Waals surface area contributed by atoms with Crippen LogP contribution in [0.1, 0.15) is 11.1 Å². The number of urea groups is 1. The summed E-state index contributed by atoms with van der Waals surface area (Å²) in [7, 11) is 0. The first-order valence-corrected chi connectivity index (χ1v) is 8.92. The average Bonchev–Trinajstić information content (AvgIpc) is 2.69. The van der Waals surface area contributed by atoms with E-state index in [1.165, 1.54) is 17.7 Å². The number of piperazine rings is 1. The molecule has 2 aromatic rings. The lowest BCUT2D eigenvalue weighted by Gasteiger charge is -2.34. The van der Waals surface area contributed by atoms with Crippen LogP contribution < -0.4 is 5.32 Å². The average molecular weight is 353 g/mol. The molecule has 1 aliphatic heterocycles. The zero-order chi connectivity index (χ0) is 18.2. The Bertz CT molecular complexity index is 723. The lowest BCUT2D eigenvalue weighted by Crippen LogP contribution is -2.51. The molecule has 0 spiro atoms. The molecule has 0 radical (unpaired) electrons. The maximum absolute atomic E-state index is 12.9. The van der Waals surface area contributed by atoms with E-state index >= 15 is 0 Å². The maximum Gasteiger partial charge on any atom is 0.317 e. The van der Waals surface area contributed by atoms with Crippen LogP contribution in [-0.2, 0) is 6.54 Å². The number of hydrogen-bond acceptors (Lipinski definition) is 2. The van der Waals surface area contributed by atoms with Gasteiger partial charge >= 0.3 is 6.03 Å². The summed E-state index contributed by atoms with van der Waals surface area (Å²) < 4.78 is 12.9. The monoisotopic (exact) mass is 353 g/mol. The van der Waals surface area contributed by atoms with Crippen molar-refractivity contribution in [2.45, 2.75) is 6.54 Å². The number of hydrogen-bond donors (Lipinski definition) is 1. The highest BCUT2D eigenvalue weighted by molar-refractivity contribution is 5.74. The van der Waals surface area contributed by atoms with Gasteiger partial charge in [0.15, 0.2) is 0 Å². The van der Waals surface area contributed by atoms with Crippen LogP contribution in [-0.4, -0.2) is 48.6 Å². The number of halogens is 1. The number of nitrogens with one attached hydrogen (secondary N) is 1. The van der Waals surface area contributed by atoms with Gasteiger partial charge in [0, 0.05) is 39.3 Å². The fourth-order valence-corrected chi connectivity index (χ4v) is 2.93. The molecular weight excluding hydrogens is 329 g/mol. The predicted molar refractivity (Wildman–Crippen MR) is 102 cm³/mol. The molecule has 3 rings (SSSR count). The van der Waals surface area contributed by atoms with Gasteiger partial charge in [-0.15, -0.1) is 0 Å². The lowest BCUT2D eigenvalue weighted by atomic mass is 10.2. The summed E-state index contributed by atoms with van der Waals surface area (Å²) in [4.78, 5) is 16.4. The molecule has 0 aromatic heterocycles. The number of rotatable bonds is 5. The molecule has 2 aromatic carbocycles. The lowest BCUT2D eigenvalue weighted by molar-refractivity contribution is 0.146. The molecule has 0 unspecified atom stereocenters. The molecule has 0 bridgehead atoms. The number of benzene rings is 2. The first-order chi connectivity index (χ1) is 12.7. The third-order valence-electron chi connectivity index (χ3n) is 4.49. The minimum Gasteiger partial charge on any atom is -0.334 e. The summed E-state index contributed by atoms with van der Waals surface area (Å²) in [5.41, 5.74) is 2.09. The molecule has 0 atom stereocenters. The topological polar surface area (TPSA) is 35.6 Å². The molecule has 0 aliphatic carbocycles. The Morgan fingerprint density at radius 3 is 2.38 bits per heavy atom. The Balaban J connectivity index is 1.38. The van der Waals surface area contributed by atoms with E-state index in [4.69, 9.17) is 0 Å². The van der Waals surface area contributed by atoms with E-state index in [1.54, 1.807) is 12.1 Å². The van der Waals surface area contributed by atoms with Crippen molar-refractivity contribution in [3.63, 3.8) is 0 Å². The molecule has 4 nitrogen and oxygen atoms in total. The summed E-state index contributed by atoms with van der Waals surface area (Å²) in [5, 5.41) is 2.90. The zero-order valence-electron chi connectivity index (χ0n) is 14.8. The molecule has 1 N–H and O–H groups in total. The van der Waals surface area contributed by atoms with Gasteiger partial charge in [-0.3, -0.25) is 4.90 Å². The standard InChI is InChI=1S/C21H24FN3O/c22-20-10-8-19(9-11-20)17-23-21(26)25-15-13-24(14-16-25)12-4-7-18-5-2-1-3-6-18/h1-11H,12-17H2,(H,23,26)/b7-4+. The Morgan fingerprint density at radius 1 is 1.00 bits per heavy atom. The Hall–Kier alpha value is -2.66. The molecule has 26 heavy (non-hydrogen) atoms. The molecule has 1 fully saturated rings. The second-order valence-corrected chi connectivity index (χ2v) is 6.39. The normalized spacial score (nSPS) is 15.3. The van der Waals surface area contributed by atoms with Crippen LogP contribution in [0.5, 0.6) is 0 Å². The largest absolute Gasteiger partial charge is 0.334 e. The van der Waals surface area contributed by atoms with Crippen LogP contribution >= 0.6 is 0 Å². The van der Waals surface area contributed by atoms with E-state index in [1.807, 2.05) is 23.1 Å². The van der Waals surface area contributed by atoms with Crippen LogP contribution in [0.25, 0.3) is 6.08 Å². The minimum atomic E-state index is -0.266. The summed E-state index contributed by atoms with van der Waals surface area (Å²) >= 11 is 0. The van der Waals surface area contributed by atoms with Crippen molar-refractivity contribution in [1.82, 2.24) is 15.1 Å². The smallest absolute Gasteiger partial charge is 0.317 e. The second kappa shape index (κ2) is 9.15. The maximum atomic E-state index is 12.9. The number of carbonyl (C=O) groups is 1. The second-order valence-electron chi connectivity index (χ2n) is 6.39. The van der Waals surface area contributed by atoms with Gasteiger partial charge in [0.05, 0.1) is 0 Å². The fraction of sp³-hybridized carbons (Fsp3) is 0.286. The molecular formula is C21H24FN3O.